The largest absolute Gasteiger partial charge is 0.506 e. The molecule has 0 bridgehead atoms. The summed E-state index contributed by atoms with van der Waals surface area (Å²) in [4.78, 5) is 11.4. The third-order valence-electron chi connectivity index (χ3n) is 7.04. The van der Waals surface area contributed by atoms with E-state index < -0.39 is 5.97 Å². The summed E-state index contributed by atoms with van der Waals surface area (Å²) < 4.78 is 0. The lowest BCUT2D eigenvalue weighted by molar-refractivity contribution is 0.0694. The zero-order valence-electron chi connectivity index (χ0n) is 21.5. The van der Waals surface area contributed by atoms with Gasteiger partial charge in [-0.25, -0.2) is 4.79 Å². The van der Waals surface area contributed by atoms with Crippen molar-refractivity contribution in [3.8, 4) is 16.9 Å². The number of aromatic hydroxyl groups is 1. The van der Waals surface area contributed by atoms with Gasteiger partial charge in [0.05, 0.1) is 0 Å². The van der Waals surface area contributed by atoms with Crippen molar-refractivity contribution in [2.45, 2.75) is 116 Å². The zero-order valence-corrected chi connectivity index (χ0v) is 21.5. The average Bonchev–Trinajstić information content (AvgIpc) is 2.84. The number of para-hydroxylation sites is 1. The van der Waals surface area contributed by atoms with Crippen LogP contribution in [0.25, 0.3) is 11.1 Å². The van der Waals surface area contributed by atoms with Crippen LogP contribution in [0, 0.1) is 0 Å². The van der Waals surface area contributed by atoms with Crippen LogP contribution in [0.4, 0.5) is 0 Å². The Morgan fingerprint density at radius 1 is 0.706 bits per heavy atom. The van der Waals surface area contributed by atoms with Gasteiger partial charge in [-0.1, -0.05) is 140 Å². The molecule has 1 atom stereocenters. The maximum absolute atomic E-state index is 11.4. The van der Waals surface area contributed by atoms with E-state index in [-0.39, 0.29) is 11.3 Å². The van der Waals surface area contributed by atoms with Gasteiger partial charge in [-0.05, 0) is 29.5 Å². The second kappa shape index (κ2) is 16.4. The van der Waals surface area contributed by atoms with Crippen molar-refractivity contribution in [2.75, 3.05) is 0 Å². The molecule has 0 spiro atoms. The molecule has 0 saturated heterocycles. The monoisotopic (exact) mass is 466 g/mol. The molecule has 0 saturated carbocycles. The van der Waals surface area contributed by atoms with E-state index in [1.807, 2.05) is 18.2 Å². The molecule has 0 fully saturated rings. The van der Waals surface area contributed by atoms with E-state index in [9.17, 15) is 15.0 Å². The maximum atomic E-state index is 11.4. The van der Waals surface area contributed by atoms with Crippen LogP contribution in [0.5, 0.6) is 5.75 Å². The fourth-order valence-corrected chi connectivity index (χ4v) is 4.91. The quantitative estimate of drug-likeness (QED) is 0.215. The lowest BCUT2D eigenvalue weighted by Gasteiger charge is -2.18. The Balaban J connectivity index is 1.68. The maximum Gasteiger partial charge on any atom is 0.339 e. The molecule has 0 aromatic heterocycles. The summed E-state index contributed by atoms with van der Waals surface area (Å²) in [5, 5.41) is 19.9. The summed E-state index contributed by atoms with van der Waals surface area (Å²) in [6, 6.07) is 13.0. The molecule has 2 rings (SSSR count). The van der Waals surface area contributed by atoms with Crippen molar-refractivity contribution < 1.29 is 15.0 Å². The number of hydrogen-bond acceptors (Lipinski definition) is 2. The van der Waals surface area contributed by atoms with E-state index in [0.29, 0.717) is 11.5 Å². The third-order valence-corrected chi connectivity index (χ3v) is 7.04. The average molecular weight is 467 g/mol. The molecule has 0 aliphatic carbocycles. The number of unbranched alkanes of at least 4 members (excludes halogenated alkanes) is 13. The molecular weight excluding hydrogens is 420 g/mol. The van der Waals surface area contributed by atoms with E-state index in [1.54, 1.807) is 12.1 Å². The highest BCUT2D eigenvalue weighted by Crippen LogP contribution is 2.38. The number of hydrogen-bond donors (Lipinski definition) is 2. The molecule has 1 unspecified atom stereocenters. The molecular formula is C31H46O3. The van der Waals surface area contributed by atoms with Gasteiger partial charge in [-0.3, -0.25) is 0 Å². The van der Waals surface area contributed by atoms with Crippen molar-refractivity contribution in [2.24, 2.45) is 0 Å². The number of carboxylic acids is 1. The zero-order chi connectivity index (χ0) is 24.6. The fourth-order valence-electron chi connectivity index (χ4n) is 4.91. The minimum atomic E-state index is -1.10. The summed E-state index contributed by atoms with van der Waals surface area (Å²) in [6.07, 6.45) is 20.2. The molecule has 0 amide bonds. The second-order valence-electron chi connectivity index (χ2n) is 9.88. The number of aromatic carboxylic acids is 1. The Labute approximate surface area is 207 Å². The van der Waals surface area contributed by atoms with Crippen LogP contribution in [0.1, 0.15) is 132 Å². The van der Waals surface area contributed by atoms with Crippen molar-refractivity contribution in [1.82, 2.24) is 0 Å². The van der Waals surface area contributed by atoms with Gasteiger partial charge in [-0.15, -0.1) is 0 Å². The Bertz CT molecular complexity index is 842. The number of benzene rings is 2. The predicted octanol–water partition coefficient (Wildman–Crippen LogP) is 9.73. The standard InChI is InChI=1S/C31H46O3/c1-3-4-5-6-7-8-9-10-11-12-13-14-15-16-20-25(2)26-21-17-18-22-27(26)28-23-19-24-29(30(28)32)31(33)34/h17-19,21-25,32H,3-16,20H2,1-2H3,(H,33,34). The minimum absolute atomic E-state index is 0.0491. The van der Waals surface area contributed by atoms with Crippen molar-refractivity contribution in [3.63, 3.8) is 0 Å². The van der Waals surface area contributed by atoms with Crippen LogP contribution in [-0.2, 0) is 0 Å². The van der Waals surface area contributed by atoms with Crippen LogP contribution in [0.15, 0.2) is 42.5 Å². The topological polar surface area (TPSA) is 57.5 Å². The van der Waals surface area contributed by atoms with Crippen molar-refractivity contribution in [1.29, 1.82) is 0 Å². The Morgan fingerprint density at radius 3 is 1.76 bits per heavy atom. The smallest absolute Gasteiger partial charge is 0.339 e. The number of carboxylic acid groups (broad SMARTS) is 1. The van der Waals surface area contributed by atoms with Crippen LogP contribution >= 0.6 is 0 Å². The van der Waals surface area contributed by atoms with Crippen molar-refractivity contribution >= 4 is 5.97 Å². The summed E-state index contributed by atoms with van der Waals surface area (Å²) in [6.45, 7) is 4.51. The van der Waals surface area contributed by atoms with Gasteiger partial charge in [0, 0.05) is 5.56 Å². The van der Waals surface area contributed by atoms with E-state index in [2.05, 4.69) is 19.9 Å². The highest BCUT2D eigenvalue weighted by molar-refractivity contribution is 5.94. The Hall–Kier alpha value is -2.29. The molecule has 0 radical (unpaired) electrons. The number of rotatable bonds is 18. The molecule has 3 heteroatoms. The van der Waals surface area contributed by atoms with Crippen LogP contribution in [0.3, 0.4) is 0 Å². The first-order chi connectivity index (χ1) is 16.6. The molecule has 3 nitrogen and oxygen atoms in total. The van der Waals surface area contributed by atoms with Gasteiger partial charge < -0.3 is 10.2 Å². The van der Waals surface area contributed by atoms with Gasteiger partial charge in [0.25, 0.3) is 0 Å². The Morgan fingerprint density at radius 2 is 1.21 bits per heavy atom. The molecule has 2 aromatic rings. The summed E-state index contributed by atoms with van der Waals surface area (Å²) in [7, 11) is 0. The number of carbonyl (C=O) groups is 1. The molecule has 0 aliphatic heterocycles. The highest BCUT2D eigenvalue weighted by Gasteiger charge is 2.18. The van der Waals surface area contributed by atoms with E-state index >= 15 is 0 Å². The van der Waals surface area contributed by atoms with Crippen LogP contribution < -0.4 is 0 Å². The summed E-state index contributed by atoms with van der Waals surface area (Å²) in [5.74, 6) is -0.889. The summed E-state index contributed by atoms with van der Waals surface area (Å²) >= 11 is 0. The molecule has 0 aliphatic rings. The van der Waals surface area contributed by atoms with Crippen LogP contribution in [-0.4, -0.2) is 16.2 Å². The predicted molar refractivity (Wildman–Crippen MR) is 144 cm³/mol. The van der Waals surface area contributed by atoms with Gasteiger partial charge in [-0.2, -0.15) is 0 Å². The highest BCUT2D eigenvalue weighted by atomic mass is 16.4. The van der Waals surface area contributed by atoms with Gasteiger partial charge >= 0.3 is 5.97 Å². The molecule has 0 heterocycles. The SMILES string of the molecule is CCCCCCCCCCCCCCCCC(C)c1ccccc1-c1cccc(C(=O)O)c1O. The van der Waals surface area contributed by atoms with Gasteiger partial charge in [0.1, 0.15) is 11.3 Å². The first-order valence-corrected chi connectivity index (χ1v) is 13.7. The Kier molecular flexibility index (Phi) is 13.4. The molecule has 2 aromatic carbocycles. The van der Waals surface area contributed by atoms with E-state index in [1.165, 1.54) is 102 Å². The molecule has 34 heavy (non-hydrogen) atoms. The van der Waals surface area contributed by atoms with E-state index in [4.69, 9.17) is 0 Å². The lowest BCUT2D eigenvalue weighted by atomic mass is 9.87. The van der Waals surface area contributed by atoms with Crippen LogP contribution in [0.2, 0.25) is 0 Å². The first-order valence-electron chi connectivity index (χ1n) is 13.7. The summed E-state index contributed by atoms with van der Waals surface area (Å²) in [5.41, 5.74) is 2.66. The second-order valence-corrected chi connectivity index (χ2v) is 9.88. The fraction of sp³-hybridized carbons (Fsp3) is 0.581. The minimum Gasteiger partial charge on any atom is -0.506 e. The van der Waals surface area contributed by atoms with E-state index in [0.717, 1.165) is 12.0 Å². The van der Waals surface area contributed by atoms with Gasteiger partial charge in [0.15, 0.2) is 0 Å². The molecule has 188 valence electrons. The third kappa shape index (κ3) is 9.52. The van der Waals surface area contributed by atoms with Gasteiger partial charge in [0.2, 0.25) is 0 Å². The normalized spacial score (nSPS) is 12.1. The molecule has 2 N–H and O–H groups in total. The van der Waals surface area contributed by atoms with Crippen molar-refractivity contribution in [3.05, 3.63) is 53.6 Å². The first kappa shape index (κ1) is 28.0. The number of phenols is 1. The lowest BCUT2D eigenvalue weighted by Crippen LogP contribution is -2.00.